The SMILES string of the molecule is CC(C)Cc1nn(-c2ccc(C#N)cc2)c(Cl)c1C#N. The fourth-order valence-corrected chi connectivity index (χ4v) is 2.21. The average molecular weight is 285 g/mol. The first-order valence-corrected chi connectivity index (χ1v) is 6.62. The van der Waals surface area contributed by atoms with Crippen LogP contribution in [-0.2, 0) is 6.42 Å². The molecule has 0 saturated carbocycles. The minimum absolute atomic E-state index is 0.313. The van der Waals surface area contributed by atoms with Gasteiger partial charge in [0.15, 0.2) is 5.15 Å². The van der Waals surface area contributed by atoms with Crippen molar-refractivity contribution in [2.45, 2.75) is 20.3 Å². The summed E-state index contributed by atoms with van der Waals surface area (Å²) in [4.78, 5) is 0. The number of halogens is 1. The Morgan fingerprint density at radius 3 is 2.35 bits per heavy atom. The zero-order valence-corrected chi connectivity index (χ0v) is 12.0. The number of benzene rings is 1. The van der Waals surface area contributed by atoms with Crippen LogP contribution in [0, 0.1) is 28.6 Å². The Hall–Kier alpha value is -2.30. The Labute approximate surface area is 122 Å². The van der Waals surface area contributed by atoms with Crippen molar-refractivity contribution in [2.75, 3.05) is 0 Å². The first-order valence-electron chi connectivity index (χ1n) is 6.24. The van der Waals surface area contributed by atoms with E-state index in [4.69, 9.17) is 16.9 Å². The van der Waals surface area contributed by atoms with E-state index in [0.29, 0.717) is 34.3 Å². The zero-order valence-electron chi connectivity index (χ0n) is 11.3. The molecule has 20 heavy (non-hydrogen) atoms. The third-order valence-corrected chi connectivity index (χ3v) is 3.21. The number of aromatic nitrogens is 2. The zero-order chi connectivity index (χ0) is 14.7. The van der Waals surface area contributed by atoms with Gasteiger partial charge in [-0.05, 0) is 36.6 Å². The molecule has 0 saturated heterocycles. The lowest BCUT2D eigenvalue weighted by molar-refractivity contribution is 0.627. The lowest BCUT2D eigenvalue weighted by atomic mass is 10.1. The van der Waals surface area contributed by atoms with E-state index in [-0.39, 0.29) is 0 Å². The number of hydrogen-bond acceptors (Lipinski definition) is 3. The molecule has 0 radical (unpaired) electrons. The standard InChI is InChI=1S/C15H13ClN4/c1-10(2)7-14-13(9-18)15(16)20(19-14)12-5-3-11(8-17)4-6-12/h3-6,10H,7H2,1-2H3. The lowest BCUT2D eigenvalue weighted by Crippen LogP contribution is -2.00. The van der Waals surface area contributed by atoms with Gasteiger partial charge in [-0.25, -0.2) is 4.68 Å². The van der Waals surface area contributed by atoms with Crippen LogP contribution in [0.2, 0.25) is 5.15 Å². The second-order valence-corrected chi connectivity index (χ2v) is 5.25. The molecule has 0 aliphatic rings. The van der Waals surface area contributed by atoms with Crippen LogP contribution in [0.25, 0.3) is 5.69 Å². The minimum atomic E-state index is 0.313. The summed E-state index contributed by atoms with van der Waals surface area (Å²) in [7, 11) is 0. The van der Waals surface area contributed by atoms with Gasteiger partial charge in [0.2, 0.25) is 0 Å². The van der Waals surface area contributed by atoms with Crippen LogP contribution in [-0.4, -0.2) is 9.78 Å². The molecule has 1 aromatic heterocycles. The Morgan fingerprint density at radius 1 is 1.20 bits per heavy atom. The maximum absolute atomic E-state index is 9.22. The van der Waals surface area contributed by atoms with E-state index in [0.717, 1.165) is 5.69 Å². The highest BCUT2D eigenvalue weighted by atomic mass is 35.5. The highest BCUT2D eigenvalue weighted by Gasteiger charge is 2.17. The molecule has 0 bridgehead atoms. The summed E-state index contributed by atoms with van der Waals surface area (Å²) in [6, 6.07) is 11.1. The smallest absolute Gasteiger partial charge is 0.150 e. The Morgan fingerprint density at radius 2 is 1.85 bits per heavy atom. The highest BCUT2D eigenvalue weighted by Crippen LogP contribution is 2.25. The summed E-state index contributed by atoms with van der Waals surface area (Å²) in [6.45, 7) is 4.13. The van der Waals surface area contributed by atoms with Crippen molar-refractivity contribution in [1.82, 2.24) is 9.78 Å². The van der Waals surface area contributed by atoms with Gasteiger partial charge >= 0.3 is 0 Å². The molecular formula is C15H13ClN4. The van der Waals surface area contributed by atoms with E-state index < -0.39 is 0 Å². The molecule has 0 fully saturated rings. The molecular weight excluding hydrogens is 272 g/mol. The van der Waals surface area contributed by atoms with E-state index in [1.54, 1.807) is 28.9 Å². The van der Waals surface area contributed by atoms with Crippen molar-refractivity contribution in [3.63, 3.8) is 0 Å². The van der Waals surface area contributed by atoms with E-state index in [9.17, 15) is 5.26 Å². The minimum Gasteiger partial charge on any atom is -0.221 e. The van der Waals surface area contributed by atoms with Crippen LogP contribution >= 0.6 is 11.6 Å². The Bertz CT molecular complexity index is 699. The van der Waals surface area contributed by atoms with Gasteiger partial charge in [-0.3, -0.25) is 0 Å². The number of nitrogens with zero attached hydrogens (tertiary/aromatic N) is 4. The van der Waals surface area contributed by atoms with Crippen molar-refractivity contribution < 1.29 is 0 Å². The van der Waals surface area contributed by atoms with Gasteiger partial charge in [0.1, 0.15) is 11.6 Å². The summed E-state index contributed by atoms with van der Waals surface area (Å²) < 4.78 is 1.54. The van der Waals surface area contributed by atoms with Crippen molar-refractivity contribution in [1.29, 1.82) is 10.5 Å². The van der Waals surface area contributed by atoms with Gasteiger partial charge in [0.25, 0.3) is 0 Å². The van der Waals surface area contributed by atoms with Crippen molar-refractivity contribution in [3.05, 3.63) is 46.2 Å². The van der Waals surface area contributed by atoms with E-state index in [2.05, 4.69) is 31.1 Å². The third-order valence-electron chi connectivity index (χ3n) is 2.86. The van der Waals surface area contributed by atoms with Crippen LogP contribution in [0.3, 0.4) is 0 Å². The van der Waals surface area contributed by atoms with Gasteiger partial charge in [-0.2, -0.15) is 15.6 Å². The first-order chi connectivity index (χ1) is 9.56. The molecule has 0 atom stereocenters. The first kappa shape index (κ1) is 14.1. The summed E-state index contributed by atoms with van der Waals surface area (Å²) in [6.07, 6.45) is 0.700. The number of rotatable bonds is 3. The van der Waals surface area contributed by atoms with Crippen molar-refractivity contribution in [2.24, 2.45) is 5.92 Å². The summed E-state index contributed by atoms with van der Waals surface area (Å²) in [5.41, 5.74) is 2.43. The van der Waals surface area contributed by atoms with Crippen LogP contribution in [0.1, 0.15) is 30.7 Å². The molecule has 0 spiro atoms. The van der Waals surface area contributed by atoms with Gasteiger partial charge in [0, 0.05) is 0 Å². The van der Waals surface area contributed by atoms with E-state index >= 15 is 0 Å². The fourth-order valence-electron chi connectivity index (χ4n) is 1.93. The lowest BCUT2D eigenvalue weighted by Gasteiger charge is -2.03. The molecule has 1 aromatic carbocycles. The van der Waals surface area contributed by atoms with Gasteiger partial charge in [-0.1, -0.05) is 25.4 Å². The molecule has 5 heteroatoms. The number of nitriles is 2. The molecule has 0 aliphatic carbocycles. The molecule has 0 amide bonds. The largest absolute Gasteiger partial charge is 0.221 e. The summed E-state index contributed by atoms with van der Waals surface area (Å²) in [5, 5.41) is 22.8. The normalized spacial score (nSPS) is 10.3. The molecule has 1 heterocycles. The summed E-state index contributed by atoms with van der Waals surface area (Å²) >= 11 is 6.23. The summed E-state index contributed by atoms with van der Waals surface area (Å²) in [5.74, 6) is 0.391. The van der Waals surface area contributed by atoms with Gasteiger partial charge in [0.05, 0.1) is 23.0 Å². The highest BCUT2D eigenvalue weighted by molar-refractivity contribution is 6.31. The maximum Gasteiger partial charge on any atom is 0.150 e. The van der Waals surface area contributed by atoms with Crippen LogP contribution in [0.15, 0.2) is 24.3 Å². The predicted molar refractivity (Wildman–Crippen MR) is 76.5 cm³/mol. The number of hydrogen-bond donors (Lipinski definition) is 0. The molecule has 100 valence electrons. The topological polar surface area (TPSA) is 65.4 Å². The van der Waals surface area contributed by atoms with Gasteiger partial charge in [-0.15, -0.1) is 0 Å². The molecule has 0 N–H and O–H groups in total. The molecule has 0 aliphatic heterocycles. The molecule has 0 unspecified atom stereocenters. The monoisotopic (exact) mass is 284 g/mol. The quantitative estimate of drug-likeness (QED) is 0.867. The third kappa shape index (κ3) is 2.66. The van der Waals surface area contributed by atoms with Crippen molar-refractivity contribution in [3.8, 4) is 17.8 Å². The van der Waals surface area contributed by atoms with Crippen LogP contribution in [0.5, 0.6) is 0 Å². The van der Waals surface area contributed by atoms with E-state index in [1.165, 1.54) is 0 Å². The van der Waals surface area contributed by atoms with Crippen LogP contribution in [0.4, 0.5) is 0 Å². The molecule has 4 nitrogen and oxygen atoms in total. The Kier molecular flexibility index (Phi) is 4.08. The van der Waals surface area contributed by atoms with Gasteiger partial charge < -0.3 is 0 Å². The maximum atomic E-state index is 9.22. The second kappa shape index (κ2) is 5.77. The van der Waals surface area contributed by atoms with E-state index in [1.807, 2.05) is 0 Å². The second-order valence-electron chi connectivity index (χ2n) is 4.89. The van der Waals surface area contributed by atoms with Crippen LogP contribution < -0.4 is 0 Å². The predicted octanol–water partition coefficient (Wildman–Crippen LogP) is 3.47. The van der Waals surface area contributed by atoms with Crippen molar-refractivity contribution >= 4 is 11.6 Å². The Balaban J connectivity index is 2.49. The molecule has 2 aromatic rings. The fraction of sp³-hybridized carbons (Fsp3) is 0.267. The average Bonchev–Trinajstić information content (AvgIpc) is 2.74. The molecule has 2 rings (SSSR count).